The predicted molar refractivity (Wildman–Crippen MR) is 236 cm³/mol. The van der Waals surface area contributed by atoms with Crippen LogP contribution in [0.2, 0.25) is 0 Å². The van der Waals surface area contributed by atoms with E-state index >= 15 is 0 Å². The van der Waals surface area contributed by atoms with Gasteiger partial charge in [0.05, 0.1) is 31.8 Å². The van der Waals surface area contributed by atoms with Crippen LogP contribution in [-0.4, -0.2) is 19.5 Å². The average molecular weight is 758 g/mol. The number of thiophene rings is 1. The molecule has 57 heavy (non-hydrogen) atoms. The van der Waals surface area contributed by atoms with E-state index in [0.29, 0.717) is 11.1 Å². The van der Waals surface area contributed by atoms with Crippen molar-refractivity contribution >= 4 is 75.3 Å². The Kier molecular flexibility index (Phi) is 5.04. The van der Waals surface area contributed by atoms with Crippen molar-refractivity contribution in [1.29, 1.82) is 0 Å². The maximum atomic E-state index is 9.46. The molecule has 12 rings (SSSR count). The maximum Gasteiger partial charge on any atom is 0.164 e. The molecule has 0 N–H and O–H groups in total. The highest BCUT2D eigenvalue weighted by atomic mass is 32.1. The first kappa shape index (κ1) is 22.8. The molecule has 4 aromatic heterocycles. The second-order valence-electron chi connectivity index (χ2n) is 13.5. The van der Waals surface area contributed by atoms with Crippen LogP contribution in [0.3, 0.4) is 0 Å². The third-order valence-electron chi connectivity index (χ3n) is 10.3. The van der Waals surface area contributed by atoms with E-state index < -0.39 is 36.3 Å². The number of rotatable bonds is 5. The third kappa shape index (κ3) is 4.98. The fraction of sp³-hybridized carbons (Fsp3) is 0. The highest BCUT2D eigenvalue weighted by Gasteiger charge is 2.22. The van der Waals surface area contributed by atoms with Crippen LogP contribution in [0.5, 0.6) is 0 Å². The topological polar surface area (TPSA) is 56.7 Å². The molecular formula is C51H30N4OS. The van der Waals surface area contributed by atoms with E-state index in [1.807, 2.05) is 60.7 Å². The van der Waals surface area contributed by atoms with Gasteiger partial charge in [0.2, 0.25) is 0 Å². The summed E-state index contributed by atoms with van der Waals surface area (Å²) in [6.45, 7) is 0. The highest BCUT2D eigenvalue weighted by molar-refractivity contribution is 7.26. The van der Waals surface area contributed by atoms with Crippen molar-refractivity contribution in [2.45, 2.75) is 0 Å². The van der Waals surface area contributed by atoms with Crippen LogP contribution in [0.4, 0.5) is 0 Å². The zero-order chi connectivity index (χ0) is 47.0. The van der Waals surface area contributed by atoms with E-state index in [0.717, 1.165) is 37.4 Å². The molecule has 0 atom stereocenters. The first-order valence-corrected chi connectivity index (χ1v) is 18.9. The summed E-state index contributed by atoms with van der Waals surface area (Å²) in [7, 11) is 0. The number of para-hydroxylation sites is 3. The average Bonchev–Trinajstić information content (AvgIpc) is 4.03. The minimum absolute atomic E-state index is 0.00743. The van der Waals surface area contributed by atoms with Crippen LogP contribution < -0.4 is 0 Å². The van der Waals surface area contributed by atoms with Crippen molar-refractivity contribution in [2.24, 2.45) is 0 Å². The van der Waals surface area contributed by atoms with E-state index in [1.54, 1.807) is 11.3 Å². The minimum Gasteiger partial charge on any atom is -0.454 e. The van der Waals surface area contributed by atoms with Crippen molar-refractivity contribution in [3.8, 4) is 51.0 Å². The Morgan fingerprint density at radius 2 is 1.26 bits per heavy atom. The molecule has 0 amide bonds. The first-order valence-electron chi connectivity index (χ1n) is 23.6. The lowest BCUT2D eigenvalue weighted by atomic mass is 9.99. The number of nitrogens with zero attached hydrogens (tertiary/aromatic N) is 4. The molecule has 0 bridgehead atoms. The molecule has 0 aliphatic carbocycles. The summed E-state index contributed by atoms with van der Waals surface area (Å²) in [6, 6.07) is 31.4. The summed E-state index contributed by atoms with van der Waals surface area (Å²) >= 11 is 1.64. The zero-order valence-electron chi connectivity index (χ0n) is 40.6. The van der Waals surface area contributed by atoms with Crippen LogP contribution >= 0.6 is 11.3 Å². The van der Waals surface area contributed by atoms with E-state index in [4.69, 9.17) is 30.3 Å². The van der Waals surface area contributed by atoms with Gasteiger partial charge in [0.25, 0.3) is 0 Å². The maximum absolute atomic E-state index is 9.46. The Morgan fingerprint density at radius 1 is 0.474 bits per heavy atom. The Bertz CT molecular complexity index is 4170. The molecule has 8 aromatic carbocycles. The van der Waals surface area contributed by atoms with E-state index in [1.165, 1.54) is 16.7 Å². The first-order chi connectivity index (χ1) is 32.8. The predicted octanol–water partition coefficient (Wildman–Crippen LogP) is 13.9. The lowest BCUT2D eigenvalue weighted by Gasteiger charge is -2.10. The summed E-state index contributed by atoms with van der Waals surface area (Å²) in [5, 5.41) is 2.44. The Balaban J connectivity index is 1.15. The van der Waals surface area contributed by atoms with Crippen molar-refractivity contribution in [2.75, 3.05) is 0 Å². The van der Waals surface area contributed by atoms with Gasteiger partial charge in [-0.15, -0.1) is 11.3 Å². The van der Waals surface area contributed by atoms with Gasteiger partial charge in [0.15, 0.2) is 23.1 Å². The van der Waals surface area contributed by atoms with Gasteiger partial charge in [-0.2, -0.15) is 0 Å². The molecule has 0 saturated heterocycles. The Morgan fingerprint density at radius 3 is 2.14 bits per heavy atom. The Labute approximate surface area is 346 Å². The van der Waals surface area contributed by atoms with Gasteiger partial charge in [0, 0.05) is 58.4 Å². The van der Waals surface area contributed by atoms with Crippen LogP contribution in [0.25, 0.3) is 115 Å². The van der Waals surface area contributed by atoms with Gasteiger partial charge in [-0.05, 0) is 47.5 Å². The largest absolute Gasteiger partial charge is 0.454 e. The quantitative estimate of drug-likeness (QED) is 0.175. The molecule has 0 spiro atoms. The molecular weight excluding hydrogens is 717 g/mol. The normalized spacial score (nSPS) is 14.6. The zero-order valence-corrected chi connectivity index (χ0v) is 30.4. The van der Waals surface area contributed by atoms with Crippen molar-refractivity contribution in [3.63, 3.8) is 0 Å². The number of furan rings is 1. The number of fused-ring (bicyclic) bond motifs is 9. The van der Waals surface area contributed by atoms with Crippen LogP contribution in [-0.2, 0) is 0 Å². The second kappa shape index (κ2) is 12.6. The molecule has 4 heterocycles. The molecule has 0 fully saturated rings. The monoisotopic (exact) mass is 757 g/mol. The molecule has 0 aliphatic rings. The summed E-state index contributed by atoms with van der Waals surface area (Å²) < 4.78 is 109. The van der Waals surface area contributed by atoms with Gasteiger partial charge in [-0.25, -0.2) is 15.0 Å². The molecule has 0 aliphatic heterocycles. The standard InChI is InChI=1S/C51H30N4OS/c1-3-14-31(15-4-1)34-20-13-27-44-47(34)37-29-28-33(30-45(37)57-44)50-52-49(32-16-5-2-6-17-32)53-51(54-50)39-22-12-26-43-46(39)38-21-11-25-42(48(38)56-43)55-40-23-9-7-18-35(40)36-19-8-10-24-41(36)55/h1-30H/i7D,8D,9D,11D,12D,18D,19D,22D,24D,25D,26D. The van der Waals surface area contributed by atoms with Crippen molar-refractivity contribution < 1.29 is 19.5 Å². The SMILES string of the molecule is [2H]c1cc2c(oc3c([2H])c([2H])c([2H])c(-c4nc(-c5ccccc5)nc(-c5ccc6c(c5)sc5cccc(-c7ccccc7)c56)n4)c32)c(-n2c3cc([2H])c([2H])c([2H])c3c3c([2H])c([2H])cc([2H])c32)c1[2H]. The van der Waals surface area contributed by atoms with Crippen LogP contribution in [0, 0.1) is 0 Å². The van der Waals surface area contributed by atoms with E-state index in [-0.39, 0.29) is 103 Å². The Hall–Kier alpha value is -7.41. The molecule has 12 aromatic rings. The van der Waals surface area contributed by atoms with Crippen LogP contribution in [0.1, 0.15) is 15.1 Å². The number of hydrogen-bond donors (Lipinski definition) is 0. The number of hydrogen-bond acceptors (Lipinski definition) is 5. The van der Waals surface area contributed by atoms with Gasteiger partial charge in [0.1, 0.15) is 5.58 Å². The smallest absolute Gasteiger partial charge is 0.164 e. The van der Waals surface area contributed by atoms with E-state index in [2.05, 4.69) is 36.4 Å². The summed E-state index contributed by atoms with van der Waals surface area (Å²) in [5.74, 6) is 0.525. The van der Waals surface area contributed by atoms with Crippen molar-refractivity contribution in [3.05, 3.63) is 182 Å². The number of benzene rings is 8. The fourth-order valence-corrected chi connectivity index (χ4v) is 8.95. The lowest BCUT2D eigenvalue weighted by Crippen LogP contribution is -2.00. The van der Waals surface area contributed by atoms with Gasteiger partial charge < -0.3 is 8.98 Å². The van der Waals surface area contributed by atoms with E-state index in [9.17, 15) is 4.11 Å². The molecule has 0 saturated carbocycles. The van der Waals surface area contributed by atoms with Crippen LogP contribution in [0.15, 0.2) is 186 Å². The van der Waals surface area contributed by atoms with Gasteiger partial charge >= 0.3 is 0 Å². The van der Waals surface area contributed by atoms with Crippen molar-refractivity contribution in [1.82, 2.24) is 19.5 Å². The molecule has 0 unspecified atom stereocenters. The van der Waals surface area contributed by atoms with Gasteiger partial charge in [-0.1, -0.05) is 145 Å². The third-order valence-corrected chi connectivity index (χ3v) is 11.4. The summed E-state index contributed by atoms with van der Waals surface area (Å²) in [4.78, 5) is 14.9. The molecule has 5 nitrogen and oxygen atoms in total. The second-order valence-corrected chi connectivity index (χ2v) is 14.6. The highest BCUT2D eigenvalue weighted by Crippen LogP contribution is 2.43. The molecule has 266 valence electrons. The number of aromatic nitrogens is 4. The minimum atomic E-state index is -0.498. The summed E-state index contributed by atoms with van der Waals surface area (Å²) in [5.41, 5.74) is 3.18. The lowest BCUT2D eigenvalue weighted by molar-refractivity contribution is 0.666. The summed E-state index contributed by atoms with van der Waals surface area (Å²) in [6.07, 6.45) is 0. The molecule has 6 heteroatoms. The molecule has 0 radical (unpaired) electrons. The fourth-order valence-electron chi connectivity index (χ4n) is 7.78. The van der Waals surface area contributed by atoms with Gasteiger partial charge in [-0.3, -0.25) is 0 Å².